The minimum absolute atomic E-state index is 0.231. The van der Waals surface area contributed by atoms with Crippen LogP contribution in [0.2, 0.25) is 0 Å². The molecule has 1 saturated heterocycles. The second-order valence-electron chi connectivity index (χ2n) is 8.76. The lowest BCUT2D eigenvalue weighted by Crippen LogP contribution is -2.30. The Kier molecular flexibility index (Phi) is 8.12. The molecule has 0 spiro atoms. The normalized spacial score (nSPS) is 13.4. The number of anilines is 2. The number of aliphatic carboxylic acids is 1. The van der Waals surface area contributed by atoms with Crippen LogP contribution in [0.3, 0.4) is 0 Å². The number of methoxy groups -OCH3 is 1. The molecule has 0 saturated carbocycles. The maximum atomic E-state index is 12.8. The van der Waals surface area contributed by atoms with E-state index >= 15 is 0 Å². The lowest BCUT2D eigenvalue weighted by atomic mass is 10.1. The topological polar surface area (TPSA) is 170 Å². The predicted octanol–water partition coefficient (Wildman–Crippen LogP) is 3.06. The molecule has 0 atom stereocenters. The quantitative estimate of drug-likeness (QED) is 0.308. The number of aromatic nitrogens is 5. The molecule has 38 heavy (non-hydrogen) atoms. The number of rotatable bonds is 5. The molecule has 0 aliphatic carbocycles. The van der Waals surface area contributed by atoms with Gasteiger partial charge in [0.2, 0.25) is 0 Å². The highest BCUT2D eigenvalue weighted by molar-refractivity contribution is 6.06. The number of carbonyl (C=O) groups excluding carboxylic acids is 1. The third-order valence-corrected chi connectivity index (χ3v) is 6.15. The van der Waals surface area contributed by atoms with Crippen LogP contribution in [0.15, 0.2) is 42.9 Å². The highest BCUT2D eigenvalue weighted by Gasteiger charge is 2.24. The molecule has 0 radical (unpaired) electrons. The lowest BCUT2D eigenvalue weighted by molar-refractivity contribution is -0.134. The summed E-state index contributed by atoms with van der Waals surface area (Å²) in [5.41, 5.74) is 10.2. The number of piperidine rings is 1. The summed E-state index contributed by atoms with van der Waals surface area (Å²) >= 11 is 0. The van der Waals surface area contributed by atoms with Crippen molar-refractivity contribution in [3.05, 3.63) is 54.1 Å². The first-order valence-corrected chi connectivity index (χ1v) is 12.1. The van der Waals surface area contributed by atoms with Crippen molar-refractivity contribution in [3.63, 3.8) is 0 Å². The number of nitrogens with two attached hydrogens (primary N) is 1. The van der Waals surface area contributed by atoms with Crippen LogP contribution in [0.25, 0.3) is 22.3 Å². The Morgan fingerprint density at radius 3 is 2.61 bits per heavy atom. The van der Waals surface area contributed by atoms with Crippen molar-refractivity contribution in [2.45, 2.75) is 32.7 Å². The van der Waals surface area contributed by atoms with Crippen molar-refractivity contribution >= 4 is 34.4 Å². The monoisotopic (exact) mass is 518 g/mol. The Morgan fingerprint density at radius 1 is 1.18 bits per heavy atom. The number of aryl methyl sites for hydroxylation is 1. The van der Waals surface area contributed by atoms with Crippen molar-refractivity contribution < 1.29 is 19.4 Å². The van der Waals surface area contributed by atoms with Gasteiger partial charge in [0.05, 0.1) is 29.8 Å². The SMILES string of the molecule is CC(=O)O.COc1cc(-c2nn(C3CCNCC3)c3ncnc(N)c23)ccc1NC(=O)c1cccnc1C. The summed E-state index contributed by atoms with van der Waals surface area (Å²) in [6.45, 7) is 4.74. The maximum Gasteiger partial charge on any atom is 0.300 e. The Balaban J connectivity index is 0.000000786. The molecule has 3 aromatic heterocycles. The third-order valence-electron chi connectivity index (χ3n) is 6.15. The summed E-state index contributed by atoms with van der Waals surface area (Å²) in [5, 5.41) is 19.4. The van der Waals surface area contributed by atoms with E-state index in [0.29, 0.717) is 39.6 Å². The van der Waals surface area contributed by atoms with Gasteiger partial charge in [-0.1, -0.05) is 6.07 Å². The number of ether oxygens (including phenoxy) is 1. The van der Waals surface area contributed by atoms with Crippen LogP contribution in [-0.2, 0) is 4.79 Å². The molecule has 0 bridgehead atoms. The molecule has 1 aliphatic heterocycles. The van der Waals surface area contributed by atoms with E-state index in [9.17, 15) is 4.79 Å². The minimum atomic E-state index is -0.833. The maximum absolute atomic E-state index is 12.8. The van der Waals surface area contributed by atoms with Gasteiger partial charge in [-0.2, -0.15) is 5.10 Å². The van der Waals surface area contributed by atoms with Gasteiger partial charge in [-0.05, 0) is 57.1 Å². The molecule has 198 valence electrons. The number of pyridine rings is 1. The van der Waals surface area contributed by atoms with E-state index in [1.807, 2.05) is 16.8 Å². The standard InChI is InChI=1S/C24H26N8O2.C2H4O2/c1-14-17(4-3-9-27-14)24(33)30-18-6-5-15(12-19(18)34-2)21-20-22(25)28-13-29-23(20)32(31-21)16-7-10-26-11-8-16;1-2(3)4/h3-6,9,12-13,16,26H,7-8,10-11H2,1-2H3,(H,30,33)(H2,25,28,29);1H3,(H,3,4). The lowest BCUT2D eigenvalue weighted by Gasteiger charge is -2.23. The smallest absolute Gasteiger partial charge is 0.300 e. The van der Waals surface area contributed by atoms with Crippen LogP contribution in [0, 0.1) is 6.92 Å². The molecule has 0 unspecified atom stereocenters. The Labute approximate surface area is 219 Å². The zero-order valence-corrected chi connectivity index (χ0v) is 21.4. The van der Waals surface area contributed by atoms with Crippen LogP contribution in [-0.4, -0.2) is 61.9 Å². The first-order valence-electron chi connectivity index (χ1n) is 12.1. The van der Waals surface area contributed by atoms with Gasteiger partial charge in [0.15, 0.2) is 5.65 Å². The van der Waals surface area contributed by atoms with Gasteiger partial charge >= 0.3 is 0 Å². The number of carbonyl (C=O) groups is 2. The van der Waals surface area contributed by atoms with Gasteiger partial charge < -0.3 is 26.2 Å². The van der Waals surface area contributed by atoms with E-state index in [1.54, 1.807) is 38.4 Å². The van der Waals surface area contributed by atoms with Gasteiger partial charge in [0, 0.05) is 24.4 Å². The molecule has 1 amide bonds. The molecule has 4 heterocycles. The number of amides is 1. The summed E-state index contributed by atoms with van der Waals surface area (Å²) in [7, 11) is 1.56. The molecule has 4 aromatic rings. The number of nitrogens with one attached hydrogen (secondary N) is 2. The summed E-state index contributed by atoms with van der Waals surface area (Å²) in [4.78, 5) is 34.7. The van der Waals surface area contributed by atoms with Crippen LogP contribution < -0.4 is 21.1 Å². The third kappa shape index (κ3) is 5.70. The summed E-state index contributed by atoms with van der Waals surface area (Å²) < 4.78 is 7.57. The van der Waals surface area contributed by atoms with Crippen LogP contribution in [0.1, 0.15) is 41.9 Å². The number of hydrogen-bond acceptors (Lipinski definition) is 9. The van der Waals surface area contributed by atoms with Crippen molar-refractivity contribution in [3.8, 4) is 17.0 Å². The highest BCUT2D eigenvalue weighted by atomic mass is 16.5. The fourth-order valence-electron chi connectivity index (χ4n) is 4.36. The second kappa shape index (κ2) is 11.6. The predicted molar refractivity (Wildman–Crippen MR) is 143 cm³/mol. The number of nitrogen functional groups attached to an aromatic ring is 1. The van der Waals surface area contributed by atoms with E-state index in [-0.39, 0.29) is 11.9 Å². The number of benzene rings is 1. The largest absolute Gasteiger partial charge is 0.495 e. The Bertz CT molecular complexity index is 1460. The van der Waals surface area contributed by atoms with Crippen molar-refractivity contribution in [2.24, 2.45) is 0 Å². The molecule has 5 rings (SSSR count). The van der Waals surface area contributed by atoms with Crippen molar-refractivity contribution in [2.75, 3.05) is 31.2 Å². The van der Waals surface area contributed by atoms with Crippen molar-refractivity contribution in [1.29, 1.82) is 0 Å². The summed E-state index contributed by atoms with van der Waals surface area (Å²) in [5.74, 6) is -0.203. The zero-order chi connectivity index (χ0) is 27.2. The van der Waals surface area contributed by atoms with Crippen molar-refractivity contribution in [1.82, 2.24) is 30.0 Å². The number of nitrogens with zero attached hydrogens (tertiary/aromatic N) is 5. The fourth-order valence-corrected chi connectivity index (χ4v) is 4.36. The summed E-state index contributed by atoms with van der Waals surface area (Å²) in [6.07, 6.45) is 5.05. The number of hydrogen-bond donors (Lipinski definition) is 4. The zero-order valence-electron chi connectivity index (χ0n) is 21.4. The number of carboxylic acids is 1. The van der Waals surface area contributed by atoms with E-state index < -0.39 is 5.97 Å². The van der Waals surface area contributed by atoms with Gasteiger partial charge in [-0.15, -0.1) is 0 Å². The van der Waals surface area contributed by atoms with Gasteiger partial charge in [-0.3, -0.25) is 14.6 Å². The molecule has 12 nitrogen and oxygen atoms in total. The molecule has 1 fully saturated rings. The second-order valence-corrected chi connectivity index (χ2v) is 8.76. The van der Waals surface area contributed by atoms with E-state index in [1.165, 1.54) is 6.33 Å². The number of carboxylic acid groups (broad SMARTS) is 1. The average Bonchev–Trinajstić information content (AvgIpc) is 3.30. The molecule has 1 aromatic carbocycles. The molecule has 12 heteroatoms. The van der Waals surface area contributed by atoms with Gasteiger partial charge in [0.1, 0.15) is 23.6 Å². The van der Waals surface area contributed by atoms with Crippen LogP contribution in [0.4, 0.5) is 11.5 Å². The van der Waals surface area contributed by atoms with E-state index in [0.717, 1.165) is 44.1 Å². The minimum Gasteiger partial charge on any atom is -0.495 e. The van der Waals surface area contributed by atoms with Gasteiger partial charge in [-0.25, -0.2) is 14.6 Å². The number of fused-ring (bicyclic) bond motifs is 1. The molecular weight excluding hydrogens is 488 g/mol. The van der Waals surface area contributed by atoms with Crippen LogP contribution in [0.5, 0.6) is 5.75 Å². The summed E-state index contributed by atoms with van der Waals surface area (Å²) in [6, 6.07) is 9.23. The Morgan fingerprint density at radius 2 is 1.92 bits per heavy atom. The van der Waals surface area contributed by atoms with E-state index in [2.05, 4.69) is 25.6 Å². The molecule has 5 N–H and O–H groups in total. The molecule has 1 aliphatic rings. The molecular formula is C26H30N8O4. The fraction of sp³-hybridized carbons (Fsp3) is 0.308. The average molecular weight is 519 g/mol. The van der Waals surface area contributed by atoms with E-state index in [4.69, 9.17) is 25.5 Å². The van der Waals surface area contributed by atoms with Crippen LogP contribution >= 0.6 is 0 Å². The first-order chi connectivity index (χ1) is 18.3. The van der Waals surface area contributed by atoms with Gasteiger partial charge in [0.25, 0.3) is 11.9 Å². The Hall–Kier alpha value is -4.58. The highest BCUT2D eigenvalue weighted by Crippen LogP contribution is 2.37. The first kappa shape index (κ1) is 26.5.